The van der Waals surface area contributed by atoms with Crippen molar-refractivity contribution in [2.45, 2.75) is 13.5 Å². The van der Waals surface area contributed by atoms with Crippen LogP contribution in [0.3, 0.4) is 0 Å². The minimum absolute atomic E-state index is 0.251. The van der Waals surface area contributed by atoms with Crippen LogP contribution >= 0.6 is 34.5 Å². The number of carbonyl (C=O) groups excluding carboxylic acids is 1. The summed E-state index contributed by atoms with van der Waals surface area (Å²) < 4.78 is 15.4. The van der Waals surface area contributed by atoms with Crippen LogP contribution in [0.2, 0.25) is 10.0 Å². The first-order valence-corrected chi connectivity index (χ1v) is 12.9. The van der Waals surface area contributed by atoms with E-state index in [-0.39, 0.29) is 11.7 Å². The van der Waals surface area contributed by atoms with E-state index in [1.54, 1.807) is 54.9 Å². The van der Waals surface area contributed by atoms with E-state index in [2.05, 4.69) is 21.4 Å². The molecule has 1 N–H and O–H groups in total. The zero-order chi connectivity index (χ0) is 26.8. The maximum atomic E-state index is 13.5. The van der Waals surface area contributed by atoms with Gasteiger partial charge in [0.05, 0.1) is 15.3 Å². The van der Waals surface area contributed by atoms with Crippen LogP contribution in [0.25, 0.3) is 32.3 Å². The number of hydrogen-bond donors (Lipinski definition) is 1. The van der Waals surface area contributed by atoms with Crippen LogP contribution in [-0.4, -0.2) is 20.4 Å². The first-order chi connectivity index (χ1) is 18.3. The average molecular weight is 562 g/mol. The number of nitrogens with zero attached hydrogens (tertiary/aromatic N) is 4. The van der Waals surface area contributed by atoms with Crippen molar-refractivity contribution in [2.75, 3.05) is 5.32 Å². The Hall–Kier alpha value is -4.03. The molecule has 188 valence electrons. The van der Waals surface area contributed by atoms with Crippen molar-refractivity contribution in [3.8, 4) is 38.3 Å². The zero-order valence-electron chi connectivity index (χ0n) is 19.9. The molecule has 3 heterocycles. The van der Waals surface area contributed by atoms with Gasteiger partial charge in [0.25, 0.3) is 0 Å². The summed E-state index contributed by atoms with van der Waals surface area (Å²) in [6, 6.07) is 17.3. The SMILES string of the molecule is CC(=O)Nc1cc(-c2sc(-c3nccn3Cc3ccc(F)cc3)c(-c3ccc(Cl)cc3Cl)c2C#N)ccn1. The third-order valence-corrected chi connectivity index (χ3v) is 7.51. The predicted octanol–water partition coefficient (Wildman–Crippen LogP) is 7.66. The summed E-state index contributed by atoms with van der Waals surface area (Å²) in [6.45, 7) is 1.85. The third kappa shape index (κ3) is 5.18. The van der Waals surface area contributed by atoms with Gasteiger partial charge in [0.15, 0.2) is 5.82 Å². The first-order valence-electron chi connectivity index (χ1n) is 11.4. The summed E-state index contributed by atoms with van der Waals surface area (Å²) in [4.78, 5) is 21.8. The number of aromatic nitrogens is 3. The second-order valence-electron chi connectivity index (χ2n) is 8.36. The molecule has 0 atom stereocenters. The number of anilines is 1. The van der Waals surface area contributed by atoms with E-state index < -0.39 is 0 Å². The van der Waals surface area contributed by atoms with Crippen LogP contribution in [0.15, 0.2) is 73.2 Å². The van der Waals surface area contributed by atoms with Crippen molar-refractivity contribution in [3.63, 3.8) is 0 Å². The summed E-state index contributed by atoms with van der Waals surface area (Å²) in [5.74, 6) is 0.437. The molecule has 0 radical (unpaired) electrons. The van der Waals surface area contributed by atoms with E-state index in [0.29, 0.717) is 55.4 Å². The minimum atomic E-state index is -0.309. The molecule has 0 saturated carbocycles. The largest absolute Gasteiger partial charge is 0.326 e. The molecule has 5 aromatic rings. The lowest BCUT2D eigenvalue weighted by molar-refractivity contribution is -0.114. The van der Waals surface area contributed by atoms with Gasteiger partial charge in [-0.1, -0.05) is 41.4 Å². The van der Waals surface area contributed by atoms with Crippen molar-refractivity contribution in [2.24, 2.45) is 0 Å². The van der Waals surface area contributed by atoms with E-state index in [1.807, 2.05) is 10.8 Å². The Morgan fingerprint density at radius 2 is 1.87 bits per heavy atom. The summed E-state index contributed by atoms with van der Waals surface area (Å²) in [5.41, 5.74) is 3.27. The average Bonchev–Trinajstić information content (AvgIpc) is 3.49. The molecule has 0 spiro atoms. The Bertz CT molecular complexity index is 1710. The predicted molar refractivity (Wildman–Crippen MR) is 149 cm³/mol. The highest BCUT2D eigenvalue weighted by molar-refractivity contribution is 7.19. The zero-order valence-corrected chi connectivity index (χ0v) is 22.2. The third-order valence-electron chi connectivity index (χ3n) is 5.73. The molecule has 38 heavy (non-hydrogen) atoms. The Balaban J connectivity index is 1.72. The number of nitrogens with one attached hydrogen (secondary N) is 1. The second kappa shape index (κ2) is 10.8. The highest BCUT2D eigenvalue weighted by Gasteiger charge is 2.26. The first kappa shape index (κ1) is 25.6. The Labute approximate surface area is 231 Å². The maximum Gasteiger partial charge on any atom is 0.222 e. The van der Waals surface area contributed by atoms with Gasteiger partial charge in [0, 0.05) is 53.2 Å². The molecule has 1 amide bonds. The smallest absolute Gasteiger partial charge is 0.222 e. The van der Waals surface area contributed by atoms with Gasteiger partial charge in [0.2, 0.25) is 5.91 Å². The van der Waals surface area contributed by atoms with Crippen LogP contribution in [0.5, 0.6) is 0 Å². The van der Waals surface area contributed by atoms with Crippen molar-refractivity contribution < 1.29 is 9.18 Å². The van der Waals surface area contributed by atoms with Gasteiger partial charge in [-0.3, -0.25) is 4.79 Å². The Kier molecular flexibility index (Phi) is 7.25. The normalized spacial score (nSPS) is 10.8. The number of halogens is 3. The van der Waals surface area contributed by atoms with Crippen molar-refractivity contribution >= 4 is 46.3 Å². The van der Waals surface area contributed by atoms with Gasteiger partial charge in [-0.25, -0.2) is 14.4 Å². The van der Waals surface area contributed by atoms with E-state index >= 15 is 0 Å². The quantitative estimate of drug-likeness (QED) is 0.230. The fourth-order valence-electron chi connectivity index (χ4n) is 4.10. The molecule has 0 fully saturated rings. The lowest BCUT2D eigenvalue weighted by Crippen LogP contribution is -2.07. The molecule has 0 aliphatic rings. The monoisotopic (exact) mass is 561 g/mol. The molecule has 2 aromatic carbocycles. The standard InChI is InChI=1S/C28H18Cl2FN5OS/c1-16(37)35-24-12-18(8-9-33-24)26-22(14-32)25(21-7-4-19(29)13-23(21)30)27(38-26)28-34-10-11-36(28)15-17-2-5-20(31)6-3-17/h2-13H,15H2,1H3,(H,33,35,37). The van der Waals surface area contributed by atoms with Gasteiger partial charge >= 0.3 is 0 Å². The van der Waals surface area contributed by atoms with Crippen molar-refractivity contribution in [1.82, 2.24) is 14.5 Å². The van der Waals surface area contributed by atoms with Crippen molar-refractivity contribution in [3.05, 3.63) is 100 Å². The molecule has 5 rings (SSSR count). The number of pyridine rings is 1. The summed E-state index contributed by atoms with van der Waals surface area (Å²) in [6.07, 6.45) is 5.09. The molecule has 0 aliphatic heterocycles. The Morgan fingerprint density at radius 1 is 1.08 bits per heavy atom. The van der Waals surface area contributed by atoms with Gasteiger partial charge < -0.3 is 9.88 Å². The molecule has 10 heteroatoms. The molecule has 0 saturated heterocycles. The minimum Gasteiger partial charge on any atom is -0.326 e. The fraction of sp³-hybridized carbons (Fsp3) is 0.0714. The van der Waals surface area contributed by atoms with Crippen LogP contribution in [0, 0.1) is 17.1 Å². The molecular formula is C28H18Cl2FN5OS. The number of hydrogen-bond acceptors (Lipinski definition) is 5. The second-order valence-corrected chi connectivity index (χ2v) is 10.2. The summed E-state index contributed by atoms with van der Waals surface area (Å²) >= 11 is 14.2. The molecule has 0 aliphatic carbocycles. The molecule has 6 nitrogen and oxygen atoms in total. The topological polar surface area (TPSA) is 83.6 Å². The number of rotatable bonds is 6. The van der Waals surface area contributed by atoms with Gasteiger partial charge in [-0.2, -0.15) is 5.26 Å². The number of amides is 1. The highest BCUT2D eigenvalue weighted by atomic mass is 35.5. The molecular weight excluding hydrogens is 544 g/mol. The van der Waals surface area contributed by atoms with E-state index in [4.69, 9.17) is 23.2 Å². The fourth-order valence-corrected chi connectivity index (χ4v) is 5.88. The molecule has 0 bridgehead atoms. The highest BCUT2D eigenvalue weighted by Crippen LogP contribution is 2.48. The van der Waals surface area contributed by atoms with Crippen LogP contribution in [-0.2, 0) is 11.3 Å². The van der Waals surface area contributed by atoms with Crippen molar-refractivity contribution in [1.29, 1.82) is 5.26 Å². The summed E-state index contributed by atoms with van der Waals surface area (Å²) in [5, 5.41) is 13.9. The number of benzene rings is 2. The van der Waals surface area contributed by atoms with Gasteiger partial charge in [-0.15, -0.1) is 11.3 Å². The lowest BCUT2D eigenvalue weighted by atomic mass is 9.98. The molecule has 3 aromatic heterocycles. The van der Waals surface area contributed by atoms with E-state index in [9.17, 15) is 14.4 Å². The van der Waals surface area contributed by atoms with Gasteiger partial charge in [0.1, 0.15) is 17.7 Å². The Morgan fingerprint density at radius 3 is 2.58 bits per heavy atom. The molecule has 0 unspecified atom stereocenters. The van der Waals surface area contributed by atoms with E-state index in [0.717, 1.165) is 10.4 Å². The number of thiophene rings is 1. The van der Waals surface area contributed by atoms with Crippen LogP contribution < -0.4 is 5.32 Å². The maximum absolute atomic E-state index is 13.5. The van der Waals surface area contributed by atoms with Crippen LogP contribution in [0.4, 0.5) is 10.2 Å². The van der Waals surface area contributed by atoms with E-state index in [1.165, 1.54) is 30.4 Å². The van der Waals surface area contributed by atoms with Gasteiger partial charge in [-0.05, 0) is 47.5 Å². The number of imidazole rings is 1. The number of nitriles is 1. The summed E-state index contributed by atoms with van der Waals surface area (Å²) in [7, 11) is 0. The van der Waals surface area contributed by atoms with Crippen LogP contribution in [0.1, 0.15) is 18.1 Å². The number of carbonyl (C=O) groups is 1. The lowest BCUT2D eigenvalue weighted by Gasteiger charge is -2.11.